The molecule has 34 heavy (non-hydrogen) atoms. The van der Waals surface area contributed by atoms with Crippen LogP contribution >= 0.6 is 11.6 Å². The van der Waals surface area contributed by atoms with Gasteiger partial charge in [0.25, 0.3) is 0 Å². The molecule has 0 unspecified atom stereocenters. The second kappa shape index (κ2) is 7.14. The largest absolute Gasteiger partial charge is 0.354 e. The molecule has 1 spiro atoms. The smallest absolute Gasteiger partial charge is 0.231 e. The minimum Gasteiger partial charge on any atom is -0.354 e. The summed E-state index contributed by atoms with van der Waals surface area (Å²) in [6.07, 6.45) is 7.22. The van der Waals surface area contributed by atoms with Gasteiger partial charge in [-0.05, 0) is 36.6 Å². The van der Waals surface area contributed by atoms with Crippen molar-refractivity contribution < 1.29 is 0 Å². The van der Waals surface area contributed by atoms with Crippen molar-refractivity contribution in [2.75, 3.05) is 42.5 Å². The van der Waals surface area contributed by atoms with Crippen LogP contribution in [-0.2, 0) is 13.1 Å². The summed E-state index contributed by atoms with van der Waals surface area (Å²) >= 11 is 6.38. The van der Waals surface area contributed by atoms with Crippen LogP contribution in [0.3, 0.4) is 0 Å². The normalized spacial score (nSPS) is 21.6. The van der Waals surface area contributed by atoms with Crippen molar-refractivity contribution in [2.24, 2.45) is 10.8 Å². The highest BCUT2D eigenvalue weighted by atomic mass is 35.5. The second-order valence-corrected chi connectivity index (χ2v) is 10.8. The van der Waals surface area contributed by atoms with E-state index in [1.807, 2.05) is 18.3 Å². The third-order valence-corrected chi connectivity index (χ3v) is 7.87. The number of anilines is 2. The second-order valence-electron chi connectivity index (χ2n) is 10.3. The van der Waals surface area contributed by atoms with Gasteiger partial charge in [0.15, 0.2) is 5.82 Å². The first kappa shape index (κ1) is 20.2. The molecular formula is C24H24ClN9. The maximum absolute atomic E-state index is 9.63. The van der Waals surface area contributed by atoms with E-state index >= 15 is 0 Å². The Morgan fingerprint density at radius 1 is 1.03 bits per heavy atom. The molecule has 0 atom stereocenters. The van der Waals surface area contributed by atoms with Gasteiger partial charge < -0.3 is 9.80 Å². The van der Waals surface area contributed by atoms with E-state index in [9.17, 15) is 5.26 Å². The van der Waals surface area contributed by atoms with Gasteiger partial charge in [0.1, 0.15) is 5.82 Å². The predicted molar refractivity (Wildman–Crippen MR) is 127 cm³/mol. The number of nitriles is 1. The Kier molecular flexibility index (Phi) is 4.24. The van der Waals surface area contributed by atoms with E-state index in [1.54, 1.807) is 12.4 Å². The third kappa shape index (κ3) is 3.16. The SMILES string of the molecule is N#CC1(CN2Cc3cc(Cl)ccc3-n3c(nnc3N3CC4(CN(c5cnccn5)C4)C3)C2)CC1. The van der Waals surface area contributed by atoms with Gasteiger partial charge in [-0.3, -0.25) is 14.5 Å². The quantitative estimate of drug-likeness (QED) is 0.571. The molecule has 1 aromatic carbocycles. The van der Waals surface area contributed by atoms with Crippen molar-refractivity contribution in [3.05, 3.63) is 53.2 Å². The number of rotatable bonds is 4. The highest BCUT2D eigenvalue weighted by Crippen LogP contribution is 2.47. The molecule has 1 aliphatic carbocycles. The van der Waals surface area contributed by atoms with Crippen molar-refractivity contribution in [1.82, 2.24) is 29.6 Å². The first-order chi connectivity index (χ1) is 16.6. The van der Waals surface area contributed by atoms with E-state index in [-0.39, 0.29) is 10.8 Å². The summed E-state index contributed by atoms with van der Waals surface area (Å²) in [5.74, 6) is 2.76. The number of hydrogen-bond acceptors (Lipinski definition) is 8. The maximum atomic E-state index is 9.63. The molecule has 0 radical (unpaired) electrons. The van der Waals surface area contributed by atoms with Crippen LogP contribution in [0.15, 0.2) is 36.8 Å². The Morgan fingerprint density at radius 2 is 1.85 bits per heavy atom. The van der Waals surface area contributed by atoms with Crippen LogP contribution in [0, 0.1) is 22.2 Å². The molecule has 9 nitrogen and oxygen atoms in total. The fourth-order valence-electron chi connectivity index (χ4n) is 5.74. The van der Waals surface area contributed by atoms with Gasteiger partial charge in [-0.15, -0.1) is 10.2 Å². The summed E-state index contributed by atoms with van der Waals surface area (Å²) in [6, 6.07) is 8.57. The molecule has 0 bridgehead atoms. The van der Waals surface area contributed by atoms with Gasteiger partial charge in [-0.1, -0.05) is 11.6 Å². The van der Waals surface area contributed by atoms with Crippen LogP contribution in [0.4, 0.5) is 11.8 Å². The zero-order chi connectivity index (χ0) is 22.9. The summed E-state index contributed by atoms with van der Waals surface area (Å²) in [4.78, 5) is 15.6. The van der Waals surface area contributed by atoms with Crippen LogP contribution in [-0.4, -0.2) is 62.4 Å². The van der Waals surface area contributed by atoms with E-state index in [1.165, 1.54) is 0 Å². The Bertz CT molecular complexity index is 1300. The van der Waals surface area contributed by atoms with Crippen molar-refractivity contribution in [2.45, 2.75) is 25.9 Å². The molecule has 2 aromatic heterocycles. The molecule has 5 heterocycles. The van der Waals surface area contributed by atoms with Gasteiger partial charge in [0, 0.05) is 62.1 Å². The van der Waals surface area contributed by atoms with Crippen molar-refractivity contribution in [1.29, 1.82) is 5.26 Å². The summed E-state index contributed by atoms with van der Waals surface area (Å²) in [7, 11) is 0. The van der Waals surface area contributed by atoms with Crippen LogP contribution in [0.25, 0.3) is 5.69 Å². The van der Waals surface area contributed by atoms with Gasteiger partial charge in [0.2, 0.25) is 5.95 Å². The number of aromatic nitrogens is 5. The molecular weight excluding hydrogens is 450 g/mol. The lowest BCUT2D eigenvalue weighted by Gasteiger charge is -2.60. The molecule has 2 saturated heterocycles. The van der Waals surface area contributed by atoms with E-state index in [0.717, 1.165) is 86.0 Å². The molecule has 7 rings (SSSR count). The Morgan fingerprint density at radius 3 is 2.59 bits per heavy atom. The van der Waals surface area contributed by atoms with E-state index < -0.39 is 0 Å². The highest BCUT2D eigenvalue weighted by Gasteiger charge is 2.53. The molecule has 3 aromatic rings. The standard InChI is InChI=1S/C24H24ClN9/c25-18-1-2-19-17(7-18)9-31(12-23(11-26)3-4-23)10-21-29-30-22(34(19)21)33-15-24(16-33)13-32(14-24)20-8-27-5-6-28-20/h1-2,5-8H,3-4,9-10,12-16H2. The molecule has 172 valence electrons. The van der Waals surface area contributed by atoms with Gasteiger partial charge in [-0.25, -0.2) is 4.98 Å². The monoisotopic (exact) mass is 473 g/mol. The lowest BCUT2D eigenvalue weighted by atomic mass is 9.73. The molecule has 3 aliphatic heterocycles. The molecule has 10 heteroatoms. The van der Waals surface area contributed by atoms with Crippen LogP contribution < -0.4 is 9.80 Å². The number of benzene rings is 1. The average Bonchev–Trinajstić information content (AvgIpc) is 3.48. The number of halogens is 1. The van der Waals surface area contributed by atoms with E-state index in [2.05, 4.69) is 51.6 Å². The summed E-state index contributed by atoms with van der Waals surface area (Å²) in [5.41, 5.74) is 2.29. The minimum absolute atomic E-state index is 0.208. The lowest BCUT2D eigenvalue weighted by Crippen LogP contribution is -2.73. The predicted octanol–water partition coefficient (Wildman–Crippen LogP) is 2.66. The zero-order valence-electron chi connectivity index (χ0n) is 18.7. The molecule has 1 saturated carbocycles. The number of hydrogen-bond donors (Lipinski definition) is 0. The molecule has 4 aliphatic rings. The fraction of sp³-hybridized carbons (Fsp3) is 0.458. The zero-order valence-corrected chi connectivity index (χ0v) is 19.5. The Labute approximate surface area is 202 Å². The summed E-state index contributed by atoms with van der Waals surface area (Å²) in [5, 5.41) is 19.6. The van der Waals surface area contributed by atoms with Crippen LogP contribution in [0.1, 0.15) is 24.2 Å². The Balaban J connectivity index is 1.15. The highest BCUT2D eigenvalue weighted by molar-refractivity contribution is 6.30. The van der Waals surface area contributed by atoms with Crippen molar-refractivity contribution in [3.8, 4) is 11.8 Å². The third-order valence-electron chi connectivity index (χ3n) is 7.63. The van der Waals surface area contributed by atoms with E-state index in [0.29, 0.717) is 6.54 Å². The van der Waals surface area contributed by atoms with Gasteiger partial charge in [-0.2, -0.15) is 5.26 Å². The molecule has 0 N–H and O–H groups in total. The molecule has 0 amide bonds. The minimum atomic E-state index is -0.208. The van der Waals surface area contributed by atoms with Crippen LogP contribution in [0.2, 0.25) is 5.02 Å². The van der Waals surface area contributed by atoms with Gasteiger partial charge >= 0.3 is 0 Å². The van der Waals surface area contributed by atoms with Gasteiger partial charge in [0.05, 0.1) is 29.9 Å². The fourth-order valence-corrected chi connectivity index (χ4v) is 5.93. The number of nitrogens with zero attached hydrogens (tertiary/aromatic N) is 9. The van der Waals surface area contributed by atoms with E-state index in [4.69, 9.17) is 11.6 Å². The van der Waals surface area contributed by atoms with Crippen molar-refractivity contribution in [3.63, 3.8) is 0 Å². The first-order valence-electron chi connectivity index (χ1n) is 11.7. The Hall–Kier alpha value is -3.22. The lowest BCUT2D eigenvalue weighted by molar-refractivity contribution is 0.153. The maximum Gasteiger partial charge on any atom is 0.231 e. The summed E-state index contributed by atoms with van der Waals surface area (Å²) < 4.78 is 2.20. The number of fused-ring (bicyclic) bond motifs is 3. The van der Waals surface area contributed by atoms with Crippen molar-refractivity contribution >= 4 is 23.4 Å². The summed E-state index contributed by atoms with van der Waals surface area (Å²) in [6.45, 7) is 6.04. The first-order valence-corrected chi connectivity index (χ1v) is 12.1. The van der Waals surface area contributed by atoms with Crippen LogP contribution in [0.5, 0.6) is 0 Å². The molecule has 3 fully saturated rings. The average molecular weight is 474 g/mol. The topological polar surface area (TPSA) is 90.0 Å².